The molecule has 0 aliphatic carbocycles. The van der Waals surface area contributed by atoms with Gasteiger partial charge in [0.05, 0.1) is 11.7 Å². The number of likely N-dealkylation sites (tertiary alicyclic amines) is 2. The Morgan fingerprint density at radius 1 is 1.09 bits per heavy atom. The molecular weight excluding hydrogens is 286 g/mol. The maximum Gasteiger partial charge on any atom is 0.0827 e. The highest BCUT2D eigenvalue weighted by Gasteiger charge is 2.25. The normalized spacial score (nSPS) is 25.0. The first-order valence-electron chi connectivity index (χ1n) is 9.64. The molecule has 3 heterocycles. The molecule has 0 saturated carbocycles. The minimum absolute atomic E-state index is 0.558. The van der Waals surface area contributed by atoms with Gasteiger partial charge in [-0.05, 0) is 51.1 Å². The highest BCUT2D eigenvalue weighted by molar-refractivity contribution is 4.94. The monoisotopic (exact) mass is 319 g/mol. The van der Waals surface area contributed by atoms with Crippen LogP contribution in [0.1, 0.15) is 57.7 Å². The molecule has 1 atom stereocenters. The minimum atomic E-state index is 0.558. The van der Waals surface area contributed by atoms with E-state index in [4.69, 9.17) is 0 Å². The molecule has 0 radical (unpaired) electrons. The predicted molar refractivity (Wildman–Crippen MR) is 93.6 cm³/mol. The summed E-state index contributed by atoms with van der Waals surface area (Å²) in [5.74, 6) is 0.878. The van der Waals surface area contributed by atoms with Crippen LogP contribution in [-0.4, -0.2) is 64.1 Å². The fraction of sp³-hybridized carbons (Fsp3) is 0.889. The van der Waals surface area contributed by atoms with E-state index in [-0.39, 0.29) is 0 Å². The van der Waals surface area contributed by atoms with Crippen LogP contribution in [-0.2, 0) is 6.42 Å². The van der Waals surface area contributed by atoms with Crippen LogP contribution in [0.3, 0.4) is 0 Å². The number of aromatic nitrogens is 3. The van der Waals surface area contributed by atoms with Crippen LogP contribution < -0.4 is 0 Å². The predicted octanol–water partition coefficient (Wildman–Crippen LogP) is 2.60. The Morgan fingerprint density at radius 2 is 1.91 bits per heavy atom. The van der Waals surface area contributed by atoms with Crippen LogP contribution in [0.5, 0.6) is 0 Å². The Labute approximate surface area is 141 Å². The van der Waals surface area contributed by atoms with Crippen molar-refractivity contribution in [1.29, 1.82) is 0 Å². The Kier molecular flexibility index (Phi) is 6.06. The summed E-state index contributed by atoms with van der Waals surface area (Å²) in [6.07, 6.45) is 9.61. The van der Waals surface area contributed by atoms with Crippen molar-refractivity contribution in [3.8, 4) is 0 Å². The second kappa shape index (κ2) is 8.25. The van der Waals surface area contributed by atoms with Gasteiger partial charge in [-0.3, -0.25) is 0 Å². The van der Waals surface area contributed by atoms with Gasteiger partial charge in [-0.15, -0.1) is 5.10 Å². The highest BCUT2D eigenvalue weighted by atomic mass is 15.4. The molecule has 2 saturated heterocycles. The lowest BCUT2D eigenvalue weighted by Gasteiger charge is -2.38. The molecule has 1 aromatic heterocycles. The Balaban J connectivity index is 1.44. The largest absolute Gasteiger partial charge is 0.303 e. The van der Waals surface area contributed by atoms with Gasteiger partial charge in [0, 0.05) is 32.4 Å². The van der Waals surface area contributed by atoms with E-state index in [1.807, 2.05) is 0 Å². The van der Waals surface area contributed by atoms with Crippen molar-refractivity contribution in [1.82, 2.24) is 24.8 Å². The zero-order valence-electron chi connectivity index (χ0n) is 15.0. The quantitative estimate of drug-likeness (QED) is 0.808. The second-order valence-corrected chi connectivity index (χ2v) is 7.37. The number of hydrogen-bond donors (Lipinski definition) is 0. The fourth-order valence-corrected chi connectivity index (χ4v) is 4.18. The molecule has 2 fully saturated rings. The summed E-state index contributed by atoms with van der Waals surface area (Å²) in [5.41, 5.74) is 1.15. The van der Waals surface area contributed by atoms with Crippen LogP contribution in [0.25, 0.3) is 0 Å². The smallest absolute Gasteiger partial charge is 0.0827 e. The van der Waals surface area contributed by atoms with Crippen LogP contribution in [0.15, 0.2) is 6.20 Å². The van der Waals surface area contributed by atoms with Gasteiger partial charge in [-0.1, -0.05) is 25.5 Å². The van der Waals surface area contributed by atoms with Crippen LogP contribution in [0.4, 0.5) is 0 Å². The molecule has 23 heavy (non-hydrogen) atoms. The van der Waals surface area contributed by atoms with Crippen molar-refractivity contribution >= 4 is 0 Å². The first-order chi connectivity index (χ1) is 11.3. The van der Waals surface area contributed by atoms with Gasteiger partial charge in [-0.25, -0.2) is 4.68 Å². The summed E-state index contributed by atoms with van der Waals surface area (Å²) in [6.45, 7) is 12.0. The lowest BCUT2D eigenvalue weighted by molar-refractivity contribution is 0.111. The Morgan fingerprint density at radius 3 is 2.65 bits per heavy atom. The van der Waals surface area contributed by atoms with Crippen molar-refractivity contribution in [3.63, 3.8) is 0 Å². The van der Waals surface area contributed by atoms with Crippen molar-refractivity contribution in [2.24, 2.45) is 5.92 Å². The summed E-state index contributed by atoms with van der Waals surface area (Å²) in [7, 11) is 0. The number of hydrogen-bond acceptors (Lipinski definition) is 4. The van der Waals surface area contributed by atoms with Gasteiger partial charge in [0.15, 0.2) is 0 Å². The van der Waals surface area contributed by atoms with Gasteiger partial charge in [-0.2, -0.15) is 0 Å². The first-order valence-corrected chi connectivity index (χ1v) is 9.64. The molecule has 3 rings (SSSR count). The van der Waals surface area contributed by atoms with E-state index in [1.54, 1.807) is 0 Å². The summed E-state index contributed by atoms with van der Waals surface area (Å²) < 4.78 is 2.13. The summed E-state index contributed by atoms with van der Waals surface area (Å²) in [5, 5.41) is 8.67. The molecule has 0 bridgehead atoms. The number of nitrogens with zero attached hydrogens (tertiary/aromatic N) is 5. The summed E-state index contributed by atoms with van der Waals surface area (Å²) in [6, 6.07) is 0.558. The Bertz CT molecular complexity index is 464. The molecule has 0 aromatic carbocycles. The van der Waals surface area contributed by atoms with E-state index in [9.17, 15) is 0 Å². The average Bonchev–Trinajstić information content (AvgIpc) is 3.05. The van der Waals surface area contributed by atoms with E-state index >= 15 is 0 Å². The van der Waals surface area contributed by atoms with Crippen molar-refractivity contribution in [2.45, 2.75) is 58.4 Å². The van der Waals surface area contributed by atoms with Gasteiger partial charge in [0.1, 0.15) is 0 Å². The molecule has 0 amide bonds. The molecular formula is C18H33N5. The maximum absolute atomic E-state index is 4.36. The number of aryl methyl sites for hydroxylation is 1. The Hall–Kier alpha value is -0.940. The standard InChI is InChI=1S/C18H33N5/c1-3-6-17-15-23(20-19-17)18-8-11-22(12-9-18)14-16-7-5-10-21(4-2)13-16/h15-16,18H,3-14H2,1-2H3/t16-/m0/s1. The van der Waals surface area contributed by atoms with Crippen molar-refractivity contribution < 1.29 is 0 Å². The van der Waals surface area contributed by atoms with E-state index in [2.05, 4.69) is 44.8 Å². The molecule has 5 heteroatoms. The lowest BCUT2D eigenvalue weighted by atomic mass is 9.96. The molecule has 2 aliphatic rings. The van der Waals surface area contributed by atoms with E-state index < -0.39 is 0 Å². The maximum atomic E-state index is 4.36. The van der Waals surface area contributed by atoms with Gasteiger partial charge < -0.3 is 9.80 Å². The van der Waals surface area contributed by atoms with E-state index in [0.29, 0.717) is 6.04 Å². The molecule has 2 aliphatic heterocycles. The van der Waals surface area contributed by atoms with E-state index in [0.717, 1.165) is 24.5 Å². The van der Waals surface area contributed by atoms with Gasteiger partial charge in [0.25, 0.3) is 0 Å². The lowest BCUT2D eigenvalue weighted by Crippen LogP contribution is -2.43. The molecule has 5 nitrogen and oxygen atoms in total. The topological polar surface area (TPSA) is 37.2 Å². The van der Waals surface area contributed by atoms with Gasteiger partial charge >= 0.3 is 0 Å². The average molecular weight is 319 g/mol. The zero-order valence-corrected chi connectivity index (χ0v) is 15.0. The minimum Gasteiger partial charge on any atom is -0.303 e. The molecule has 130 valence electrons. The van der Waals surface area contributed by atoms with Crippen molar-refractivity contribution in [2.75, 3.05) is 39.3 Å². The van der Waals surface area contributed by atoms with Crippen LogP contribution >= 0.6 is 0 Å². The van der Waals surface area contributed by atoms with E-state index in [1.165, 1.54) is 65.0 Å². The number of rotatable bonds is 6. The second-order valence-electron chi connectivity index (χ2n) is 7.37. The summed E-state index contributed by atoms with van der Waals surface area (Å²) in [4.78, 5) is 5.30. The fourth-order valence-electron chi connectivity index (χ4n) is 4.18. The molecule has 1 aromatic rings. The molecule has 0 N–H and O–H groups in total. The number of piperidine rings is 2. The highest BCUT2D eigenvalue weighted by Crippen LogP contribution is 2.24. The SMILES string of the molecule is CCCc1cn(C2CCN(C[C@H]3CCCN(CC)C3)CC2)nn1. The molecule has 0 unspecified atom stereocenters. The third-order valence-electron chi connectivity index (χ3n) is 5.56. The van der Waals surface area contributed by atoms with Crippen LogP contribution in [0.2, 0.25) is 0 Å². The van der Waals surface area contributed by atoms with Crippen molar-refractivity contribution in [3.05, 3.63) is 11.9 Å². The first kappa shape index (κ1) is 16.9. The third kappa shape index (κ3) is 4.54. The zero-order chi connectivity index (χ0) is 16.1. The van der Waals surface area contributed by atoms with Gasteiger partial charge in [0.2, 0.25) is 0 Å². The van der Waals surface area contributed by atoms with Crippen LogP contribution in [0, 0.1) is 5.92 Å². The molecule has 0 spiro atoms. The summed E-state index contributed by atoms with van der Waals surface area (Å²) >= 11 is 0. The third-order valence-corrected chi connectivity index (χ3v) is 5.56.